The van der Waals surface area contributed by atoms with Crippen molar-refractivity contribution >= 4 is 27.4 Å². The van der Waals surface area contributed by atoms with Crippen LogP contribution in [-0.2, 0) is 16.0 Å². The van der Waals surface area contributed by atoms with Gasteiger partial charge in [0.15, 0.2) is 0 Å². The van der Waals surface area contributed by atoms with E-state index in [1.807, 2.05) is 13.8 Å². The Bertz CT molecular complexity index is 514. The zero-order valence-electron chi connectivity index (χ0n) is 9.45. The average Bonchev–Trinajstić information content (AvgIpc) is 2.71. The Balaban J connectivity index is 2.38. The predicted molar refractivity (Wildman–Crippen MR) is 66.9 cm³/mol. The van der Waals surface area contributed by atoms with Gasteiger partial charge < -0.3 is 4.74 Å². The zero-order chi connectivity index (χ0) is 11.5. The number of hydrogen-bond acceptors (Lipinski definition) is 3. The van der Waals surface area contributed by atoms with Crippen LogP contribution in [0.3, 0.4) is 0 Å². The molecule has 0 unspecified atom stereocenters. The molecule has 0 atom stereocenters. The second-order valence-corrected chi connectivity index (χ2v) is 4.62. The number of rotatable bonds is 3. The fourth-order valence-electron chi connectivity index (χ4n) is 1.80. The summed E-state index contributed by atoms with van der Waals surface area (Å²) in [7, 11) is 0. The number of hydrogen-bond donors (Lipinski definition) is 0. The van der Waals surface area contributed by atoms with Crippen molar-refractivity contribution in [3.05, 3.63) is 34.7 Å². The molecule has 0 saturated heterocycles. The summed E-state index contributed by atoms with van der Waals surface area (Å²) in [6, 6.07) is 6.24. The Labute approximate surface area is 98.9 Å². The van der Waals surface area contributed by atoms with Crippen LogP contribution in [0.5, 0.6) is 0 Å². The van der Waals surface area contributed by atoms with E-state index in [1.54, 1.807) is 11.3 Å². The second kappa shape index (κ2) is 4.66. The molecule has 84 valence electrons. The molecule has 0 aliphatic rings. The number of carbonyl (C=O) groups excluding carboxylic acids is 1. The van der Waals surface area contributed by atoms with Gasteiger partial charge in [-0.1, -0.05) is 6.07 Å². The Morgan fingerprint density at radius 2 is 2.19 bits per heavy atom. The maximum Gasteiger partial charge on any atom is 0.310 e. The molecule has 0 saturated carbocycles. The maximum absolute atomic E-state index is 11.5. The van der Waals surface area contributed by atoms with E-state index in [2.05, 4.69) is 23.6 Å². The monoisotopic (exact) mass is 234 g/mol. The van der Waals surface area contributed by atoms with Crippen molar-refractivity contribution in [2.24, 2.45) is 0 Å². The van der Waals surface area contributed by atoms with Crippen molar-refractivity contribution in [2.45, 2.75) is 20.3 Å². The predicted octanol–water partition coefficient (Wildman–Crippen LogP) is 3.32. The normalized spacial score (nSPS) is 10.6. The molecule has 0 radical (unpaired) electrons. The molecule has 2 aromatic rings. The van der Waals surface area contributed by atoms with E-state index >= 15 is 0 Å². The zero-order valence-corrected chi connectivity index (χ0v) is 10.3. The molecule has 1 aromatic heterocycles. The summed E-state index contributed by atoms with van der Waals surface area (Å²) in [6.07, 6.45) is 0.369. The molecule has 2 rings (SSSR count). The van der Waals surface area contributed by atoms with Gasteiger partial charge in [0.25, 0.3) is 0 Å². The van der Waals surface area contributed by atoms with Crippen molar-refractivity contribution in [3.63, 3.8) is 0 Å². The van der Waals surface area contributed by atoms with E-state index in [1.165, 1.54) is 10.1 Å². The molecule has 2 nitrogen and oxygen atoms in total. The minimum absolute atomic E-state index is 0.149. The van der Waals surface area contributed by atoms with Gasteiger partial charge in [0.1, 0.15) is 0 Å². The SMILES string of the molecule is CCOC(=O)Cc1c(C)ccc2sccc12. The highest BCUT2D eigenvalue weighted by Crippen LogP contribution is 2.27. The first-order chi connectivity index (χ1) is 7.72. The smallest absolute Gasteiger partial charge is 0.310 e. The molecular weight excluding hydrogens is 220 g/mol. The first-order valence-electron chi connectivity index (χ1n) is 5.33. The van der Waals surface area contributed by atoms with E-state index in [0.717, 1.165) is 11.1 Å². The number of fused-ring (bicyclic) bond motifs is 1. The van der Waals surface area contributed by atoms with E-state index in [4.69, 9.17) is 4.74 Å². The highest BCUT2D eigenvalue weighted by molar-refractivity contribution is 7.17. The third kappa shape index (κ3) is 2.09. The van der Waals surface area contributed by atoms with Crippen LogP contribution in [0.2, 0.25) is 0 Å². The van der Waals surface area contributed by atoms with Crippen LogP contribution in [0.4, 0.5) is 0 Å². The average molecular weight is 234 g/mol. The van der Waals surface area contributed by atoms with E-state index in [9.17, 15) is 4.79 Å². The molecule has 0 bridgehead atoms. The van der Waals surface area contributed by atoms with Gasteiger partial charge in [0.2, 0.25) is 0 Å². The Morgan fingerprint density at radius 1 is 1.38 bits per heavy atom. The molecular formula is C13H14O2S. The largest absolute Gasteiger partial charge is 0.466 e. The van der Waals surface area contributed by atoms with E-state index in [0.29, 0.717) is 13.0 Å². The molecule has 1 heterocycles. The summed E-state index contributed by atoms with van der Waals surface area (Å²) in [5, 5.41) is 3.23. The van der Waals surface area contributed by atoms with Crippen molar-refractivity contribution < 1.29 is 9.53 Å². The molecule has 0 aliphatic heterocycles. The van der Waals surface area contributed by atoms with E-state index < -0.39 is 0 Å². The summed E-state index contributed by atoms with van der Waals surface area (Å²) in [5.74, 6) is -0.149. The number of carbonyl (C=O) groups is 1. The minimum Gasteiger partial charge on any atom is -0.466 e. The van der Waals surface area contributed by atoms with Crippen molar-refractivity contribution in [3.8, 4) is 0 Å². The van der Waals surface area contributed by atoms with Crippen molar-refractivity contribution in [1.82, 2.24) is 0 Å². The van der Waals surface area contributed by atoms with Gasteiger partial charge >= 0.3 is 5.97 Å². The van der Waals surface area contributed by atoms with Crippen LogP contribution in [0.25, 0.3) is 10.1 Å². The maximum atomic E-state index is 11.5. The first kappa shape index (κ1) is 11.1. The van der Waals surface area contributed by atoms with Crippen molar-refractivity contribution in [2.75, 3.05) is 6.61 Å². The highest BCUT2D eigenvalue weighted by atomic mass is 32.1. The van der Waals surface area contributed by atoms with Crippen LogP contribution in [0.15, 0.2) is 23.6 Å². The molecule has 0 fully saturated rings. The van der Waals surface area contributed by atoms with Gasteiger partial charge in [-0.3, -0.25) is 4.79 Å². The quantitative estimate of drug-likeness (QED) is 0.761. The Morgan fingerprint density at radius 3 is 2.94 bits per heavy atom. The lowest BCUT2D eigenvalue weighted by molar-refractivity contribution is -0.142. The van der Waals surface area contributed by atoms with Gasteiger partial charge in [0, 0.05) is 4.70 Å². The standard InChI is InChI=1S/C13H14O2S/c1-3-15-13(14)8-11-9(2)4-5-12-10(11)6-7-16-12/h4-7H,3,8H2,1-2H3. The highest BCUT2D eigenvalue weighted by Gasteiger charge is 2.10. The third-order valence-electron chi connectivity index (χ3n) is 2.61. The molecule has 0 spiro atoms. The number of aryl methyl sites for hydroxylation is 1. The lowest BCUT2D eigenvalue weighted by atomic mass is 10.0. The topological polar surface area (TPSA) is 26.3 Å². The van der Waals surface area contributed by atoms with Crippen LogP contribution in [-0.4, -0.2) is 12.6 Å². The van der Waals surface area contributed by atoms with Gasteiger partial charge in [-0.25, -0.2) is 0 Å². The number of esters is 1. The Hall–Kier alpha value is -1.35. The fourth-order valence-corrected chi connectivity index (χ4v) is 2.62. The molecule has 3 heteroatoms. The number of benzene rings is 1. The molecule has 0 amide bonds. The molecule has 0 N–H and O–H groups in total. The molecule has 1 aromatic carbocycles. The summed E-state index contributed by atoms with van der Waals surface area (Å²) in [4.78, 5) is 11.5. The van der Waals surface area contributed by atoms with Crippen LogP contribution in [0.1, 0.15) is 18.1 Å². The molecule has 16 heavy (non-hydrogen) atoms. The summed E-state index contributed by atoms with van der Waals surface area (Å²) in [6.45, 7) is 4.30. The molecule has 0 aliphatic carbocycles. The van der Waals surface area contributed by atoms with Gasteiger partial charge in [-0.2, -0.15) is 0 Å². The lowest BCUT2D eigenvalue weighted by Crippen LogP contribution is -2.08. The fraction of sp³-hybridized carbons (Fsp3) is 0.308. The minimum atomic E-state index is -0.149. The third-order valence-corrected chi connectivity index (χ3v) is 3.49. The van der Waals surface area contributed by atoms with Gasteiger partial charge in [0.05, 0.1) is 13.0 Å². The number of ether oxygens (including phenoxy) is 1. The second-order valence-electron chi connectivity index (χ2n) is 3.68. The summed E-state index contributed by atoms with van der Waals surface area (Å²) >= 11 is 1.70. The summed E-state index contributed by atoms with van der Waals surface area (Å²) < 4.78 is 6.22. The van der Waals surface area contributed by atoms with Gasteiger partial charge in [-0.05, 0) is 47.9 Å². The lowest BCUT2D eigenvalue weighted by Gasteiger charge is -2.07. The van der Waals surface area contributed by atoms with Crippen LogP contribution < -0.4 is 0 Å². The van der Waals surface area contributed by atoms with E-state index in [-0.39, 0.29) is 5.97 Å². The number of thiophene rings is 1. The van der Waals surface area contributed by atoms with Crippen molar-refractivity contribution in [1.29, 1.82) is 0 Å². The van der Waals surface area contributed by atoms with Crippen LogP contribution in [0, 0.1) is 6.92 Å². The van der Waals surface area contributed by atoms with Crippen LogP contribution >= 0.6 is 11.3 Å². The summed E-state index contributed by atoms with van der Waals surface area (Å²) in [5.41, 5.74) is 2.25. The Kier molecular flexibility index (Phi) is 3.25. The first-order valence-corrected chi connectivity index (χ1v) is 6.21. The van der Waals surface area contributed by atoms with Gasteiger partial charge in [-0.15, -0.1) is 11.3 Å².